The zero-order valence-corrected chi connectivity index (χ0v) is 17.5. The molecule has 0 rings (SSSR count). The average Bonchev–Trinajstić information content (AvgIpc) is 2.60. The van der Waals surface area contributed by atoms with Gasteiger partial charge in [-0.1, -0.05) is 53.4 Å². The van der Waals surface area contributed by atoms with Crippen molar-refractivity contribution < 1.29 is 24.3 Å². The number of unbranched alkanes of at least 4 members (excludes halogenated alkanes) is 4. The first-order chi connectivity index (χ1) is 12.3. The van der Waals surface area contributed by atoms with Crippen LogP contribution in [0, 0.1) is 0 Å². The van der Waals surface area contributed by atoms with Crippen LogP contribution in [0.2, 0.25) is 0 Å². The molecule has 0 aromatic rings. The predicted octanol–water partition coefficient (Wildman–Crippen LogP) is 3.88. The summed E-state index contributed by atoms with van der Waals surface area (Å²) in [4.78, 5) is 19.6. The van der Waals surface area contributed by atoms with Crippen LogP contribution < -0.4 is 5.73 Å². The molecule has 0 aromatic carbocycles. The molecule has 0 heterocycles. The van der Waals surface area contributed by atoms with E-state index in [1.807, 2.05) is 0 Å². The van der Waals surface area contributed by atoms with Crippen molar-refractivity contribution in [2.24, 2.45) is 5.73 Å². The SMILES string of the molecule is CCCC[N+](CCCC)(CCCC)CCCC.NC(CC(=O)O)C(=O)O. The molecule has 0 spiro atoms. The van der Waals surface area contributed by atoms with Crippen LogP contribution in [0.3, 0.4) is 0 Å². The lowest BCUT2D eigenvalue weighted by Crippen LogP contribution is -2.50. The average molecular weight is 376 g/mol. The van der Waals surface area contributed by atoms with Crippen molar-refractivity contribution in [3.8, 4) is 0 Å². The van der Waals surface area contributed by atoms with Crippen molar-refractivity contribution in [1.29, 1.82) is 0 Å². The highest BCUT2D eigenvalue weighted by molar-refractivity contribution is 5.80. The Hall–Kier alpha value is -1.14. The van der Waals surface area contributed by atoms with Gasteiger partial charge in [-0.3, -0.25) is 9.59 Å². The van der Waals surface area contributed by atoms with Gasteiger partial charge in [-0.05, 0) is 25.7 Å². The fraction of sp³-hybridized carbons (Fsp3) is 0.900. The van der Waals surface area contributed by atoms with Crippen molar-refractivity contribution in [2.75, 3.05) is 26.2 Å². The van der Waals surface area contributed by atoms with E-state index in [-0.39, 0.29) is 0 Å². The number of carbonyl (C=O) groups is 2. The molecule has 1 unspecified atom stereocenters. The van der Waals surface area contributed by atoms with Crippen LogP contribution in [-0.4, -0.2) is 58.9 Å². The number of nitrogens with zero attached hydrogens (tertiary/aromatic N) is 1. The molecule has 0 amide bonds. The molecule has 0 aliphatic heterocycles. The summed E-state index contributed by atoms with van der Waals surface area (Å²) in [6, 6.07) is -1.29. The van der Waals surface area contributed by atoms with Crippen LogP contribution >= 0.6 is 0 Å². The lowest BCUT2D eigenvalue weighted by atomic mass is 10.1. The molecule has 0 aliphatic carbocycles. The molecule has 4 N–H and O–H groups in total. The molecule has 0 radical (unpaired) electrons. The maximum atomic E-state index is 9.85. The van der Waals surface area contributed by atoms with E-state index in [1.165, 1.54) is 82.0 Å². The van der Waals surface area contributed by atoms with Gasteiger partial charge in [0.1, 0.15) is 6.04 Å². The van der Waals surface area contributed by atoms with Gasteiger partial charge in [0, 0.05) is 0 Å². The quantitative estimate of drug-likeness (QED) is 0.377. The zero-order chi connectivity index (χ0) is 20.4. The minimum Gasteiger partial charge on any atom is -0.481 e. The van der Waals surface area contributed by atoms with Gasteiger partial charge in [0.25, 0.3) is 0 Å². The Morgan fingerprint density at radius 1 is 0.769 bits per heavy atom. The van der Waals surface area contributed by atoms with E-state index >= 15 is 0 Å². The third-order valence-electron chi connectivity index (χ3n) is 4.66. The Bertz CT molecular complexity index is 324. The lowest BCUT2D eigenvalue weighted by molar-refractivity contribution is -0.929. The Morgan fingerprint density at radius 2 is 1.08 bits per heavy atom. The van der Waals surface area contributed by atoms with Crippen LogP contribution in [0.1, 0.15) is 85.5 Å². The number of quaternary nitrogens is 1. The molecule has 0 aliphatic rings. The van der Waals surface area contributed by atoms with Gasteiger partial charge >= 0.3 is 11.9 Å². The fourth-order valence-electron chi connectivity index (χ4n) is 2.92. The van der Waals surface area contributed by atoms with Gasteiger partial charge in [0.05, 0.1) is 32.6 Å². The summed E-state index contributed by atoms with van der Waals surface area (Å²) >= 11 is 0. The van der Waals surface area contributed by atoms with Crippen molar-refractivity contribution in [1.82, 2.24) is 0 Å². The number of nitrogens with two attached hydrogens (primary N) is 1. The highest BCUT2D eigenvalue weighted by Crippen LogP contribution is 2.16. The Kier molecular flexibility index (Phi) is 18.0. The Morgan fingerprint density at radius 3 is 1.23 bits per heavy atom. The number of hydrogen-bond acceptors (Lipinski definition) is 3. The lowest BCUT2D eigenvalue weighted by Gasteiger charge is -2.39. The van der Waals surface area contributed by atoms with E-state index < -0.39 is 24.4 Å². The van der Waals surface area contributed by atoms with Gasteiger partial charge < -0.3 is 20.4 Å². The maximum absolute atomic E-state index is 9.85. The minimum atomic E-state index is -1.29. The fourth-order valence-corrected chi connectivity index (χ4v) is 2.92. The number of aliphatic carboxylic acids is 2. The molecular formula is C20H43N2O4+. The van der Waals surface area contributed by atoms with Gasteiger partial charge in [0.15, 0.2) is 0 Å². The highest BCUT2D eigenvalue weighted by Gasteiger charge is 2.24. The molecule has 6 nitrogen and oxygen atoms in total. The van der Waals surface area contributed by atoms with Crippen molar-refractivity contribution in [3.05, 3.63) is 0 Å². The van der Waals surface area contributed by atoms with Crippen LogP contribution in [0.15, 0.2) is 0 Å². The smallest absolute Gasteiger partial charge is 0.321 e. The van der Waals surface area contributed by atoms with Gasteiger partial charge in [0.2, 0.25) is 0 Å². The van der Waals surface area contributed by atoms with E-state index in [4.69, 9.17) is 15.9 Å². The summed E-state index contributed by atoms with van der Waals surface area (Å²) < 4.78 is 1.42. The van der Waals surface area contributed by atoms with Crippen LogP contribution in [0.4, 0.5) is 0 Å². The molecule has 0 aromatic heterocycles. The van der Waals surface area contributed by atoms with Gasteiger partial charge in [-0.2, -0.15) is 0 Å². The van der Waals surface area contributed by atoms with Crippen LogP contribution in [-0.2, 0) is 9.59 Å². The molecule has 156 valence electrons. The molecule has 0 saturated heterocycles. The normalized spacial score (nSPS) is 12.2. The van der Waals surface area contributed by atoms with Crippen LogP contribution in [0.5, 0.6) is 0 Å². The van der Waals surface area contributed by atoms with E-state index in [0.29, 0.717) is 0 Å². The van der Waals surface area contributed by atoms with Gasteiger partial charge in [-0.25, -0.2) is 0 Å². The molecule has 0 saturated carbocycles. The number of rotatable bonds is 15. The Labute approximate surface area is 160 Å². The summed E-state index contributed by atoms with van der Waals surface area (Å²) in [5.74, 6) is -2.50. The largest absolute Gasteiger partial charge is 0.481 e. The van der Waals surface area contributed by atoms with E-state index in [1.54, 1.807) is 0 Å². The first kappa shape index (κ1) is 27.1. The third kappa shape index (κ3) is 15.1. The van der Waals surface area contributed by atoms with E-state index in [2.05, 4.69) is 27.7 Å². The third-order valence-corrected chi connectivity index (χ3v) is 4.66. The summed E-state index contributed by atoms with van der Waals surface area (Å²) in [5.41, 5.74) is 4.84. The first-order valence-electron chi connectivity index (χ1n) is 10.3. The second kappa shape index (κ2) is 17.3. The van der Waals surface area contributed by atoms with Crippen LogP contribution in [0.25, 0.3) is 0 Å². The highest BCUT2D eigenvalue weighted by atomic mass is 16.4. The summed E-state index contributed by atoms with van der Waals surface area (Å²) in [6.45, 7) is 15.0. The number of hydrogen-bond donors (Lipinski definition) is 3. The molecular weight excluding hydrogens is 332 g/mol. The molecule has 1 atom stereocenters. The standard InChI is InChI=1S/C16H36N.C4H7NO4/c1-5-9-13-17(14-10-6-2,15-11-7-3)16-12-8-4;5-2(4(8)9)1-3(6)7/h5-16H2,1-4H3;2H,1,5H2,(H,6,7)(H,8,9)/q+1;. The molecule has 6 heteroatoms. The molecule has 0 fully saturated rings. The summed E-state index contributed by atoms with van der Waals surface area (Å²) in [7, 11) is 0. The summed E-state index contributed by atoms with van der Waals surface area (Å²) in [6.07, 6.45) is 10.5. The monoisotopic (exact) mass is 375 g/mol. The van der Waals surface area contributed by atoms with Gasteiger partial charge in [-0.15, -0.1) is 0 Å². The van der Waals surface area contributed by atoms with E-state index in [0.717, 1.165) is 0 Å². The topological polar surface area (TPSA) is 101 Å². The zero-order valence-electron chi connectivity index (χ0n) is 17.5. The van der Waals surface area contributed by atoms with Crippen molar-refractivity contribution >= 4 is 11.9 Å². The summed E-state index contributed by atoms with van der Waals surface area (Å²) in [5, 5.41) is 16.0. The maximum Gasteiger partial charge on any atom is 0.321 e. The first-order valence-corrected chi connectivity index (χ1v) is 10.3. The number of carboxylic acids is 2. The van der Waals surface area contributed by atoms with Crippen molar-refractivity contribution in [3.63, 3.8) is 0 Å². The number of carboxylic acid groups (broad SMARTS) is 2. The molecule has 26 heavy (non-hydrogen) atoms. The second-order valence-corrected chi connectivity index (χ2v) is 7.19. The van der Waals surface area contributed by atoms with Crippen molar-refractivity contribution in [2.45, 2.75) is 91.5 Å². The second-order valence-electron chi connectivity index (χ2n) is 7.19. The predicted molar refractivity (Wildman–Crippen MR) is 107 cm³/mol. The molecule has 0 bridgehead atoms. The minimum absolute atomic E-state index is 0.532. The Balaban J connectivity index is 0. The van der Waals surface area contributed by atoms with E-state index in [9.17, 15) is 9.59 Å².